The van der Waals surface area contributed by atoms with Gasteiger partial charge >= 0.3 is 0 Å². The summed E-state index contributed by atoms with van der Waals surface area (Å²) in [4.78, 5) is 16.5. The smallest absolute Gasteiger partial charge is 0.220 e. The molecule has 0 radical (unpaired) electrons. The lowest BCUT2D eigenvalue weighted by atomic mass is 9.87. The zero-order valence-corrected chi connectivity index (χ0v) is 13.1. The van der Waals surface area contributed by atoms with E-state index in [9.17, 15) is 4.79 Å². The van der Waals surface area contributed by atoms with E-state index in [1.165, 1.54) is 50.6 Å². The summed E-state index contributed by atoms with van der Waals surface area (Å²) in [7, 11) is 0. The monoisotopic (exact) mass is 289 g/mol. The number of nitrogens with zero attached hydrogens (tertiary/aromatic N) is 2. The molecule has 1 N–H and O–H groups in total. The van der Waals surface area contributed by atoms with Crippen LogP contribution >= 0.6 is 0 Å². The van der Waals surface area contributed by atoms with Gasteiger partial charge in [-0.1, -0.05) is 19.3 Å². The third kappa shape index (κ3) is 3.86. The fraction of sp³-hybridized carbons (Fsp3) is 0.765. The molecule has 4 nitrogen and oxygen atoms in total. The highest BCUT2D eigenvalue weighted by atomic mass is 16.1. The first-order valence-corrected chi connectivity index (χ1v) is 8.53. The number of hydrogen-bond acceptors (Lipinski definition) is 2. The predicted octanol–water partition coefficient (Wildman–Crippen LogP) is 3.16. The lowest BCUT2D eigenvalue weighted by Gasteiger charge is -2.20. The first-order chi connectivity index (χ1) is 10.2. The van der Waals surface area contributed by atoms with Gasteiger partial charge in [0.15, 0.2) is 0 Å². The molecule has 2 fully saturated rings. The Kier molecular flexibility index (Phi) is 4.61. The second-order valence-corrected chi connectivity index (χ2v) is 6.73. The Morgan fingerprint density at radius 2 is 2.05 bits per heavy atom. The maximum Gasteiger partial charge on any atom is 0.220 e. The van der Waals surface area contributed by atoms with Crippen LogP contribution in [-0.4, -0.2) is 22.0 Å². The number of nitrogens with one attached hydrogen (secondary N) is 1. The average Bonchev–Trinajstić information content (AvgIpc) is 3.24. The SMILES string of the molecule is Cc1cnc(CCNC(=O)CC2CCCCC2)n1C1CC1. The maximum absolute atomic E-state index is 12.0. The summed E-state index contributed by atoms with van der Waals surface area (Å²) < 4.78 is 2.35. The van der Waals surface area contributed by atoms with E-state index in [0.29, 0.717) is 18.5 Å². The first-order valence-electron chi connectivity index (χ1n) is 8.53. The summed E-state index contributed by atoms with van der Waals surface area (Å²) in [5.74, 6) is 1.98. The van der Waals surface area contributed by atoms with Crippen LogP contribution in [0.4, 0.5) is 0 Å². The summed E-state index contributed by atoms with van der Waals surface area (Å²) >= 11 is 0. The lowest BCUT2D eigenvalue weighted by molar-refractivity contribution is -0.122. The average molecular weight is 289 g/mol. The topological polar surface area (TPSA) is 46.9 Å². The number of carbonyl (C=O) groups excluding carboxylic acids is 1. The van der Waals surface area contributed by atoms with Crippen molar-refractivity contribution in [2.75, 3.05) is 6.54 Å². The van der Waals surface area contributed by atoms with Crippen LogP contribution in [0.3, 0.4) is 0 Å². The molecule has 0 aromatic carbocycles. The fourth-order valence-electron chi connectivity index (χ4n) is 3.55. The lowest BCUT2D eigenvalue weighted by Crippen LogP contribution is -2.28. The molecular weight excluding hydrogens is 262 g/mol. The van der Waals surface area contributed by atoms with Gasteiger partial charge in [-0.3, -0.25) is 4.79 Å². The van der Waals surface area contributed by atoms with E-state index in [-0.39, 0.29) is 5.91 Å². The molecular formula is C17H27N3O. The van der Waals surface area contributed by atoms with Gasteiger partial charge in [-0.25, -0.2) is 4.98 Å². The van der Waals surface area contributed by atoms with Crippen LogP contribution in [0.15, 0.2) is 6.20 Å². The Morgan fingerprint density at radius 3 is 2.76 bits per heavy atom. The zero-order valence-electron chi connectivity index (χ0n) is 13.1. The molecule has 116 valence electrons. The molecule has 1 aromatic rings. The molecule has 1 heterocycles. The van der Waals surface area contributed by atoms with E-state index in [4.69, 9.17) is 0 Å². The number of aryl methyl sites for hydroxylation is 1. The molecule has 1 amide bonds. The van der Waals surface area contributed by atoms with E-state index < -0.39 is 0 Å². The number of hydrogen-bond donors (Lipinski definition) is 1. The normalized spacial score (nSPS) is 19.7. The van der Waals surface area contributed by atoms with E-state index in [1.807, 2.05) is 6.20 Å². The first kappa shape index (κ1) is 14.6. The molecule has 0 bridgehead atoms. The minimum Gasteiger partial charge on any atom is -0.356 e. The van der Waals surface area contributed by atoms with Gasteiger partial charge in [0.05, 0.1) is 0 Å². The van der Waals surface area contributed by atoms with Gasteiger partial charge in [-0.15, -0.1) is 0 Å². The van der Waals surface area contributed by atoms with Gasteiger partial charge in [0.2, 0.25) is 5.91 Å². The van der Waals surface area contributed by atoms with Gasteiger partial charge in [0.1, 0.15) is 5.82 Å². The van der Waals surface area contributed by atoms with Crippen molar-refractivity contribution in [3.63, 3.8) is 0 Å². The molecule has 0 unspecified atom stereocenters. The number of rotatable bonds is 6. The summed E-state index contributed by atoms with van der Waals surface area (Å²) in [6, 6.07) is 0.667. The number of aromatic nitrogens is 2. The molecule has 0 spiro atoms. The molecule has 2 aliphatic rings. The second kappa shape index (κ2) is 6.63. The Hall–Kier alpha value is -1.32. The molecule has 0 aliphatic heterocycles. The van der Waals surface area contributed by atoms with Crippen LogP contribution in [-0.2, 0) is 11.2 Å². The van der Waals surface area contributed by atoms with Crippen molar-refractivity contribution in [1.82, 2.24) is 14.9 Å². The quantitative estimate of drug-likeness (QED) is 0.874. The minimum atomic E-state index is 0.225. The van der Waals surface area contributed by atoms with Crippen LogP contribution in [0.5, 0.6) is 0 Å². The summed E-state index contributed by atoms with van der Waals surface area (Å²) in [6.45, 7) is 2.84. The van der Waals surface area contributed by atoms with Crippen LogP contribution < -0.4 is 5.32 Å². The highest BCUT2D eigenvalue weighted by Gasteiger charge is 2.27. The fourth-order valence-corrected chi connectivity index (χ4v) is 3.55. The molecule has 0 atom stereocenters. The zero-order chi connectivity index (χ0) is 14.7. The van der Waals surface area contributed by atoms with Crippen molar-refractivity contribution in [3.8, 4) is 0 Å². The van der Waals surface area contributed by atoms with Crippen LogP contribution in [0.2, 0.25) is 0 Å². The van der Waals surface area contributed by atoms with E-state index in [0.717, 1.165) is 18.7 Å². The standard InChI is InChI=1S/C17H27N3O/c1-13-12-19-16(20(13)15-7-8-15)9-10-18-17(21)11-14-5-3-2-4-6-14/h12,14-15H,2-11H2,1H3,(H,18,21). The molecule has 3 rings (SSSR count). The third-order valence-corrected chi connectivity index (χ3v) is 4.84. The van der Waals surface area contributed by atoms with Crippen LogP contribution in [0.25, 0.3) is 0 Å². The Labute approximate surface area is 127 Å². The van der Waals surface area contributed by atoms with Crippen molar-refractivity contribution >= 4 is 5.91 Å². The predicted molar refractivity (Wildman–Crippen MR) is 83.1 cm³/mol. The van der Waals surface area contributed by atoms with Gasteiger partial charge in [0, 0.05) is 37.3 Å². The van der Waals surface area contributed by atoms with Gasteiger partial charge < -0.3 is 9.88 Å². The minimum absolute atomic E-state index is 0.225. The number of amides is 1. The van der Waals surface area contributed by atoms with Crippen LogP contribution in [0.1, 0.15) is 68.9 Å². The van der Waals surface area contributed by atoms with Gasteiger partial charge in [-0.2, -0.15) is 0 Å². The van der Waals surface area contributed by atoms with Gasteiger partial charge in [0.25, 0.3) is 0 Å². The maximum atomic E-state index is 12.0. The third-order valence-electron chi connectivity index (χ3n) is 4.84. The molecule has 0 saturated heterocycles. The molecule has 4 heteroatoms. The molecule has 21 heavy (non-hydrogen) atoms. The summed E-state index contributed by atoms with van der Waals surface area (Å²) in [5, 5.41) is 3.08. The molecule has 1 aromatic heterocycles. The molecule has 2 aliphatic carbocycles. The van der Waals surface area contributed by atoms with Crippen molar-refractivity contribution in [1.29, 1.82) is 0 Å². The van der Waals surface area contributed by atoms with Crippen molar-refractivity contribution in [3.05, 3.63) is 17.7 Å². The largest absolute Gasteiger partial charge is 0.356 e. The number of imidazole rings is 1. The Morgan fingerprint density at radius 1 is 1.29 bits per heavy atom. The van der Waals surface area contributed by atoms with Gasteiger partial charge in [-0.05, 0) is 38.5 Å². The highest BCUT2D eigenvalue weighted by molar-refractivity contribution is 5.76. The Balaban J connectivity index is 1.42. The Bertz CT molecular complexity index is 484. The molecule has 2 saturated carbocycles. The van der Waals surface area contributed by atoms with Crippen LogP contribution in [0, 0.1) is 12.8 Å². The number of carbonyl (C=O) groups is 1. The summed E-state index contributed by atoms with van der Waals surface area (Å²) in [5.41, 5.74) is 1.25. The van der Waals surface area contributed by atoms with E-state index in [2.05, 4.69) is 21.8 Å². The second-order valence-electron chi connectivity index (χ2n) is 6.73. The van der Waals surface area contributed by atoms with E-state index >= 15 is 0 Å². The highest BCUT2D eigenvalue weighted by Crippen LogP contribution is 2.36. The van der Waals surface area contributed by atoms with Crippen molar-refractivity contribution in [2.24, 2.45) is 5.92 Å². The summed E-state index contributed by atoms with van der Waals surface area (Å²) in [6.07, 6.45) is 12.5. The van der Waals surface area contributed by atoms with Crippen molar-refractivity contribution < 1.29 is 4.79 Å². The van der Waals surface area contributed by atoms with Crippen molar-refractivity contribution in [2.45, 2.75) is 70.8 Å². The van der Waals surface area contributed by atoms with E-state index in [1.54, 1.807) is 0 Å².